The van der Waals surface area contributed by atoms with Crippen LogP contribution in [0.2, 0.25) is 0 Å². The van der Waals surface area contributed by atoms with Gasteiger partial charge in [-0.05, 0) is 26.0 Å². The highest BCUT2D eigenvalue weighted by Crippen LogP contribution is 2.34. The van der Waals surface area contributed by atoms with Gasteiger partial charge in [0.25, 0.3) is 0 Å². The second kappa shape index (κ2) is 5.22. The highest BCUT2D eigenvalue weighted by Gasteiger charge is 2.46. The number of alkyl halides is 4. The monoisotopic (exact) mass is 287 g/mol. The van der Waals surface area contributed by atoms with Gasteiger partial charge in [0.05, 0.1) is 5.52 Å². The molecular weight excluding hydrogens is 274 g/mol. The first-order chi connectivity index (χ1) is 9.36. The van der Waals surface area contributed by atoms with E-state index in [1.807, 2.05) is 6.92 Å². The summed E-state index contributed by atoms with van der Waals surface area (Å²) >= 11 is 0. The number of rotatable bonds is 4. The van der Waals surface area contributed by atoms with Gasteiger partial charge in [-0.25, -0.2) is 18.7 Å². The van der Waals surface area contributed by atoms with Crippen LogP contribution in [0.5, 0.6) is 0 Å². The molecule has 0 bridgehead atoms. The van der Waals surface area contributed by atoms with Crippen LogP contribution in [0.4, 0.5) is 23.4 Å². The first kappa shape index (κ1) is 14.5. The minimum atomic E-state index is -4.37. The fraction of sp³-hybridized carbons (Fsp3) is 0.385. The first-order valence-electron chi connectivity index (χ1n) is 6.05. The Morgan fingerprint density at radius 1 is 1.25 bits per heavy atom. The molecule has 0 saturated heterocycles. The Morgan fingerprint density at radius 2 is 1.95 bits per heavy atom. The summed E-state index contributed by atoms with van der Waals surface area (Å²) in [6.45, 7) is 4.02. The van der Waals surface area contributed by atoms with E-state index in [1.165, 1.54) is 6.07 Å². The van der Waals surface area contributed by atoms with Gasteiger partial charge in [-0.3, -0.25) is 0 Å². The van der Waals surface area contributed by atoms with E-state index in [2.05, 4.69) is 15.3 Å². The molecule has 1 N–H and O–H groups in total. The van der Waals surface area contributed by atoms with Crippen LogP contribution in [0.1, 0.15) is 18.3 Å². The molecule has 2 aromatic rings. The van der Waals surface area contributed by atoms with Crippen LogP contribution in [0, 0.1) is 6.92 Å². The Hall–Kier alpha value is -1.92. The molecule has 0 aliphatic carbocycles. The smallest absolute Gasteiger partial charge is 0.365 e. The maximum Gasteiger partial charge on any atom is 0.365 e. The second-order valence-corrected chi connectivity index (χ2v) is 4.37. The van der Waals surface area contributed by atoms with Crippen LogP contribution < -0.4 is 5.32 Å². The van der Waals surface area contributed by atoms with Gasteiger partial charge in [-0.2, -0.15) is 8.78 Å². The second-order valence-electron chi connectivity index (χ2n) is 4.37. The number of hydrogen-bond donors (Lipinski definition) is 1. The molecule has 0 fully saturated rings. The van der Waals surface area contributed by atoms with Crippen molar-refractivity contribution in [2.75, 3.05) is 11.9 Å². The molecule has 0 spiro atoms. The summed E-state index contributed by atoms with van der Waals surface area (Å²) in [5.41, 5.74) is 1.10. The highest BCUT2D eigenvalue weighted by atomic mass is 19.3. The van der Waals surface area contributed by atoms with Gasteiger partial charge in [-0.15, -0.1) is 0 Å². The Labute approximate surface area is 113 Å². The van der Waals surface area contributed by atoms with Gasteiger partial charge in [-0.1, -0.05) is 11.6 Å². The summed E-state index contributed by atoms with van der Waals surface area (Å²) in [7, 11) is 0. The summed E-state index contributed by atoms with van der Waals surface area (Å²) in [6.07, 6.45) is -3.85. The Balaban J connectivity index is 2.68. The Kier molecular flexibility index (Phi) is 3.78. The van der Waals surface area contributed by atoms with E-state index < -0.39 is 18.2 Å². The van der Waals surface area contributed by atoms with Crippen molar-refractivity contribution in [1.82, 2.24) is 9.97 Å². The number of anilines is 1. The van der Waals surface area contributed by atoms with E-state index in [-0.39, 0.29) is 11.3 Å². The van der Waals surface area contributed by atoms with Gasteiger partial charge >= 0.3 is 12.3 Å². The molecular formula is C13H13F4N3. The van der Waals surface area contributed by atoms with Crippen LogP contribution in [-0.4, -0.2) is 22.9 Å². The fourth-order valence-electron chi connectivity index (χ4n) is 1.79. The van der Waals surface area contributed by atoms with Gasteiger partial charge < -0.3 is 5.32 Å². The van der Waals surface area contributed by atoms with Crippen molar-refractivity contribution in [2.24, 2.45) is 0 Å². The van der Waals surface area contributed by atoms with Gasteiger partial charge in [0.15, 0.2) is 0 Å². The molecule has 0 aliphatic rings. The molecule has 2 rings (SSSR count). The van der Waals surface area contributed by atoms with Crippen molar-refractivity contribution in [3.05, 3.63) is 29.6 Å². The van der Waals surface area contributed by atoms with Crippen LogP contribution >= 0.6 is 0 Å². The minimum absolute atomic E-state index is 0.136. The zero-order valence-corrected chi connectivity index (χ0v) is 10.9. The van der Waals surface area contributed by atoms with Crippen molar-refractivity contribution in [3.63, 3.8) is 0 Å². The van der Waals surface area contributed by atoms with Crippen LogP contribution in [0.25, 0.3) is 10.9 Å². The van der Waals surface area contributed by atoms with Gasteiger partial charge in [0.1, 0.15) is 5.82 Å². The maximum absolute atomic E-state index is 13.4. The normalized spacial score (nSPS) is 12.2. The van der Waals surface area contributed by atoms with Gasteiger partial charge in [0.2, 0.25) is 5.82 Å². The third-order valence-corrected chi connectivity index (χ3v) is 2.77. The van der Waals surface area contributed by atoms with Crippen LogP contribution in [0.15, 0.2) is 18.2 Å². The highest BCUT2D eigenvalue weighted by molar-refractivity contribution is 5.89. The first-order valence-corrected chi connectivity index (χ1v) is 6.05. The molecule has 1 heterocycles. The molecule has 0 aliphatic heterocycles. The number of aryl methyl sites for hydroxylation is 1. The molecule has 0 radical (unpaired) electrons. The fourth-order valence-corrected chi connectivity index (χ4v) is 1.79. The van der Waals surface area contributed by atoms with E-state index >= 15 is 0 Å². The largest absolute Gasteiger partial charge is 0.370 e. The number of benzene rings is 1. The standard InChI is InChI=1S/C13H13F4N3/c1-3-18-10-8-6-7(2)4-5-9(8)19-12(20-10)13(16,17)11(14)15/h4-6,11H,3H2,1-2H3,(H,18,19,20). The average Bonchev–Trinajstić information content (AvgIpc) is 2.39. The number of halogens is 4. The third kappa shape index (κ3) is 2.52. The van der Waals surface area contributed by atoms with Crippen molar-refractivity contribution in [1.29, 1.82) is 0 Å². The molecule has 3 nitrogen and oxygen atoms in total. The van der Waals surface area contributed by atoms with Crippen molar-refractivity contribution in [3.8, 4) is 0 Å². The van der Waals surface area contributed by atoms with Crippen LogP contribution in [0.3, 0.4) is 0 Å². The third-order valence-electron chi connectivity index (χ3n) is 2.77. The van der Waals surface area contributed by atoms with Crippen molar-refractivity contribution < 1.29 is 17.6 Å². The number of nitrogens with zero attached hydrogens (tertiary/aromatic N) is 2. The molecule has 7 heteroatoms. The Morgan fingerprint density at radius 3 is 2.55 bits per heavy atom. The summed E-state index contributed by atoms with van der Waals surface area (Å²) in [5.74, 6) is -5.40. The van der Waals surface area contributed by atoms with E-state index in [9.17, 15) is 17.6 Å². The number of fused-ring (bicyclic) bond motifs is 1. The molecule has 0 unspecified atom stereocenters. The summed E-state index contributed by atoms with van der Waals surface area (Å²) in [4.78, 5) is 7.14. The van der Waals surface area contributed by atoms with Gasteiger partial charge in [0, 0.05) is 11.9 Å². The summed E-state index contributed by atoms with van der Waals surface area (Å²) in [5, 5.41) is 3.33. The number of nitrogens with one attached hydrogen (secondary N) is 1. The lowest BCUT2D eigenvalue weighted by Crippen LogP contribution is -2.27. The Bertz CT molecular complexity index is 628. The van der Waals surface area contributed by atoms with Crippen molar-refractivity contribution in [2.45, 2.75) is 26.2 Å². The van der Waals surface area contributed by atoms with E-state index in [1.54, 1.807) is 19.1 Å². The lowest BCUT2D eigenvalue weighted by molar-refractivity contribution is -0.140. The minimum Gasteiger partial charge on any atom is -0.370 e. The molecule has 0 saturated carbocycles. The predicted molar refractivity (Wildman–Crippen MR) is 68.3 cm³/mol. The quantitative estimate of drug-likeness (QED) is 0.871. The predicted octanol–water partition coefficient (Wildman–Crippen LogP) is 3.73. The lowest BCUT2D eigenvalue weighted by Gasteiger charge is -2.16. The SMILES string of the molecule is CCNc1nc(C(F)(F)C(F)F)nc2ccc(C)cc12. The van der Waals surface area contributed by atoms with E-state index in [4.69, 9.17) is 0 Å². The molecule has 108 valence electrons. The summed E-state index contributed by atoms with van der Waals surface area (Å²) in [6, 6.07) is 4.91. The van der Waals surface area contributed by atoms with Crippen LogP contribution in [-0.2, 0) is 5.92 Å². The van der Waals surface area contributed by atoms with E-state index in [0.717, 1.165) is 5.56 Å². The zero-order valence-electron chi connectivity index (χ0n) is 10.9. The summed E-state index contributed by atoms with van der Waals surface area (Å²) < 4.78 is 51.7. The van der Waals surface area contributed by atoms with Crippen molar-refractivity contribution >= 4 is 16.7 Å². The van der Waals surface area contributed by atoms with E-state index in [0.29, 0.717) is 11.9 Å². The topological polar surface area (TPSA) is 37.8 Å². The number of aromatic nitrogens is 2. The maximum atomic E-state index is 13.4. The molecule has 1 aromatic carbocycles. The molecule has 0 atom stereocenters. The lowest BCUT2D eigenvalue weighted by atomic mass is 10.1. The molecule has 1 aromatic heterocycles. The average molecular weight is 287 g/mol. The number of hydrogen-bond acceptors (Lipinski definition) is 3. The molecule has 20 heavy (non-hydrogen) atoms. The molecule has 0 amide bonds. The zero-order chi connectivity index (χ0) is 14.9.